The van der Waals surface area contributed by atoms with Crippen LogP contribution < -0.4 is 4.90 Å². The smallest absolute Gasteiger partial charge is 0.0684 e. The van der Waals surface area contributed by atoms with Crippen LogP contribution in [0.5, 0.6) is 0 Å². The molecule has 3 heteroatoms. The summed E-state index contributed by atoms with van der Waals surface area (Å²) >= 11 is 0. The van der Waals surface area contributed by atoms with Crippen molar-refractivity contribution < 1.29 is 9.84 Å². The SMILES string of the molecule is C=CCN(CCOC)c1ccc(CO)c(C)c1. The Balaban J connectivity index is 2.85. The zero-order chi connectivity index (χ0) is 12.7. The molecule has 0 unspecified atom stereocenters. The van der Waals surface area contributed by atoms with Crippen LogP contribution in [0.4, 0.5) is 5.69 Å². The van der Waals surface area contributed by atoms with Gasteiger partial charge >= 0.3 is 0 Å². The lowest BCUT2D eigenvalue weighted by molar-refractivity contribution is 0.206. The van der Waals surface area contributed by atoms with E-state index in [-0.39, 0.29) is 6.61 Å². The number of rotatable bonds is 7. The molecule has 1 N–H and O–H groups in total. The normalized spacial score (nSPS) is 10.3. The van der Waals surface area contributed by atoms with Gasteiger partial charge in [0, 0.05) is 25.9 Å². The molecule has 1 aromatic carbocycles. The van der Waals surface area contributed by atoms with Crippen LogP contribution in [0.3, 0.4) is 0 Å². The van der Waals surface area contributed by atoms with Crippen molar-refractivity contribution >= 4 is 5.69 Å². The van der Waals surface area contributed by atoms with Gasteiger partial charge in [0.25, 0.3) is 0 Å². The molecule has 0 amide bonds. The molecule has 94 valence electrons. The highest BCUT2D eigenvalue weighted by Gasteiger charge is 2.06. The Morgan fingerprint density at radius 1 is 1.47 bits per heavy atom. The van der Waals surface area contributed by atoms with E-state index in [9.17, 15) is 0 Å². The molecule has 1 aromatic rings. The molecule has 0 saturated carbocycles. The lowest BCUT2D eigenvalue weighted by Crippen LogP contribution is -2.27. The number of nitrogens with zero attached hydrogens (tertiary/aromatic N) is 1. The summed E-state index contributed by atoms with van der Waals surface area (Å²) in [5.74, 6) is 0. The molecule has 0 atom stereocenters. The third kappa shape index (κ3) is 3.88. The van der Waals surface area contributed by atoms with Gasteiger partial charge in [-0.3, -0.25) is 0 Å². The summed E-state index contributed by atoms with van der Waals surface area (Å²) in [6.45, 7) is 8.18. The summed E-state index contributed by atoms with van der Waals surface area (Å²) in [7, 11) is 1.70. The molecule has 17 heavy (non-hydrogen) atoms. The zero-order valence-electron chi connectivity index (χ0n) is 10.6. The van der Waals surface area contributed by atoms with Gasteiger partial charge in [0.2, 0.25) is 0 Å². The van der Waals surface area contributed by atoms with Crippen LogP contribution in [0.15, 0.2) is 30.9 Å². The van der Waals surface area contributed by atoms with Gasteiger partial charge in [-0.25, -0.2) is 0 Å². The van der Waals surface area contributed by atoms with Crippen molar-refractivity contribution in [3.05, 3.63) is 42.0 Å². The van der Waals surface area contributed by atoms with Gasteiger partial charge in [0.05, 0.1) is 13.2 Å². The minimum absolute atomic E-state index is 0.0889. The molecule has 0 heterocycles. The van der Waals surface area contributed by atoms with Crippen LogP contribution in [-0.2, 0) is 11.3 Å². The largest absolute Gasteiger partial charge is 0.392 e. The maximum Gasteiger partial charge on any atom is 0.0684 e. The molecule has 3 nitrogen and oxygen atoms in total. The van der Waals surface area contributed by atoms with Crippen LogP contribution in [0.25, 0.3) is 0 Å². The maximum atomic E-state index is 9.14. The molecule has 0 spiro atoms. The van der Waals surface area contributed by atoms with E-state index in [0.29, 0.717) is 6.61 Å². The van der Waals surface area contributed by atoms with E-state index in [1.807, 2.05) is 25.1 Å². The van der Waals surface area contributed by atoms with Crippen molar-refractivity contribution in [2.75, 3.05) is 31.7 Å². The molecule has 0 aliphatic heterocycles. The lowest BCUT2D eigenvalue weighted by Gasteiger charge is -2.23. The fraction of sp³-hybridized carbons (Fsp3) is 0.429. The first-order chi connectivity index (χ1) is 8.22. The number of hydrogen-bond acceptors (Lipinski definition) is 3. The van der Waals surface area contributed by atoms with Crippen LogP contribution >= 0.6 is 0 Å². The maximum absolute atomic E-state index is 9.14. The highest BCUT2D eigenvalue weighted by molar-refractivity contribution is 5.51. The number of methoxy groups -OCH3 is 1. The molecule has 0 radical (unpaired) electrons. The predicted molar refractivity (Wildman–Crippen MR) is 71.4 cm³/mol. The van der Waals surface area contributed by atoms with E-state index < -0.39 is 0 Å². The topological polar surface area (TPSA) is 32.7 Å². The predicted octanol–water partition coefficient (Wildman–Crippen LogP) is 2.13. The quantitative estimate of drug-likeness (QED) is 0.735. The average molecular weight is 235 g/mol. The van der Waals surface area contributed by atoms with Crippen molar-refractivity contribution in [3.8, 4) is 0 Å². The Hall–Kier alpha value is -1.32. The standard InChI is InChI=1S/C14H21NO2/c1-4-7-15(8-9-17-3)14-6-5-13(11-16)12(2)10-14/h4-6,10,16H,1,7-9,11H2,2-3H3. The first-order valence-electron chi connectivity index (χ1n) is 5.78. The number of ether oxygens (including phenoxy) is 1. The first-order valence-corrected chi connectivity index (χ1v) is 5.78. The van der Waals surface area contributed by atoms with E-state index in [1.165, 1.54) is 0 Å². The van der Waals surface area contributed by atoms with Crippen LogP contribution in [0.1, 0.15) is 11.1 Å². The third-order valence-corrected chi connectivity index (χ3v) is 2.78. The van der Waals surface area contributed by atoms with E-state index in [2.05, 4.69) is 17.5 Å². The van der Waals surface area contributed by atoms with Gasteiger partial charge in [0.1, 0.15) is 0 Å². The van der Waals surface area contributed by atoms with Gasteiger partial charge in [-0.05, 0) is 30.2 Å². The van der Waals surface area contributed by atoms with Gasteiger partial charge < -0.3 is 14.7 Å². The fourth-order valence-electron chi connectivity index (χ4n) is 1.74. The van der Waals surface area contributed by atoms with Crippen molar-refractivity contribution in [2.24, 2.45) is 0 Å². The van der Waals surface area contributed by atoms with Gasteiger partial charge in [-0.1, -0.05) is 12.1 Å². The second-order valence-electron chi connectivity index (χ2n) is 4.00. The third-order valence-electron chi connectivity index (χ3n) is 2.78. The Labute approximate surface area is 103 Å². The highest BCUT2D eigenvalue weighted by Crippen LogP contribution is 2.19. The average Bonchev–Trinajstić information content (AvgIpc) is 2.34. The monoisotopic (exact) mass is 235 g/mol. The van der Waals surface area contributed by atoms with Crippen LogP contribution in [0, 0.1) is 6.92 Å². The number of aliphatic hydroxyl groups is 1. The summed E-state index contributed by atoms with van der Waals surface area (Å²) in [4.78, 5) is 2.20. The Morgan fingerprint density at radius 3 is 2.76 bits per heavy atom. The Bertz CT molecular complexity index is 363. The number of aliphatic hydroxyl groups excluding tert-OH is 1. The number of anilines is 1. The first kappa shape index (κ1) is 13.7. The summed E-state index contributed by atoms with van der Waals surface area (Å²) < 4.78 is 5.10. The van der Waals surface area contributed by atoms with Crippen molar-refractivity contribution in [1.82, 2.24) is 0 Å². The summed E-state index contributed by atoms with van der Waals surface area (Å²) in [6.07, 6.45) is 1.88. The molecule has 0 aliphatic rings. The van der Waals surface area contributed by atoms with Gasteiger partial charge in [0.15, 0.2) is 0 Å². The van der Waals surface area contributed by atoms with Crippen molar-refractivity contribution in [2.45, 2.75) is 13.5 Å². The van der Waals surface area contributed by atoms with E-state index in [0.717, 1.165) is 29.9 Å². The molecule has 0 aliphatic carbocycles. The lowest BCUT2D eigenvalue weighted by atomic mass is 10.1. The number of aryl methyl sites for hydroxylation is 1. The Kier molecular flexibility index (Phi) is 5.73. The summed E-state index contributed by atoms with van der Waals surface area (Å²) in [6, 6.07) is 6.08. The molecule has 0 fully saturated rings. The van der Waals surface area contributed by atoms with Crippen molar-refractivity contribution in [1.29, 1.82) is 0 Å². The second kappa shape index (κ2) is 7.09. The minimum atomic E-state index is 0.0889. The van der Waals surface area contributed by atoms with Crippen molar-refractivity contribution in [3.63, 3.8) is 0 Å². The van der Waals surface area contributed by atoms with E-state index in [1.54, 1.807) is 7.11 Å². The molecular weight excluding hydrogens is 214 g/mol. The molecular formula is C14H21NO2. The second-order valence-corrected chi connectivity index (χ2v) is 4.00. The summed E-state index contributed by atoms with van der Waals surface area (Å²) in [5.41, 5.74) is 3.21. The van der Waals surface area contributed by atoms with E-state index in [4.69, 9.17) is 9.84 Å². The van der Waals surface area contributed by atoms with Crippen LogP contribution in [-0.4, -0.2) is 31.9 Å². The minimum Gasteiger partial charge on any atom is -0.392 e. The van der Waals surface area contributed by atoms with Gasteiger partial charge in [-0.15, -0.1) is 6.58 Å². The van der Waals surface area contributed by atoms with E-state index >= 15 is 0 Å². The number of hydrogen-bond donors (Lipinski definition) is 1. The number of benzene rings is 1. The fourth-order valence-corrected chi connectivity index (χ4v) is 1.74. The van der Waals surface area contributed by atoms with Gasteiger partial charge in [-0.2, -0.15) is 0 Å². The Morgan fingerprint density at radius 2 is 2.24 bits per heavy atom. The molecule has 0 bridgehead atoms. The molecule has 1 rings (SSSR count). The molecule has 0 saturated heterocycles. The summed E-state index contributed by atoms with van der Waals surface area (Å²) in [5, 5.41) is 9.14. The zero-order valence-corrected chi connectivity index (χ0v) is 10.6. The highest BCUT2D eigenvalue weighted by atomic mass is 16.5. The van der Waals surface area contributed by atoms with Crippen LogP contribution in [0.2, 0.25) is 0 Å². The molecule has 0 aromatic heterocycles.